The monoisotopic (exact) mass is 577 g/mol. The average molecular weight is 578 g/mol. The van der Waals surface area contributed by atoms with E-state index in [9.17, 15) is 18.0 Å². The quantitative estimate of drug-likeness (QED) is 0.315. The number of sulfonamides is 1. The molecular weight excluding hydrogens is 538 g/mol. The van der Waals surface area contributed by atoms with E-state index in [4.69, 9.17) is 4.74 Å². The summed E-state index contributed by atoms with van der Waals surface area (Å²) < 4.78 is 34.1. The molecule has 0 heterocycles. The number of methoxy groups -OCH3 is 1. The van der Waals surface area contributed by atoms with Gasteiger partial charge in [0.25, 0.3) is 10.0 Å². The van der Waals surface area contributed by atoms with Crippen LogP contribution >= 0.6 is 0 Å². The van der Waals surface area contributed by atoms with Crippen LogP contribution < -0.4 is 14.4 Å². The van der Waals surface area contributed by atoms with Crippen molar-refractivity contribution in [3.8, 4) is 5.75 Å². The third-order valence-corrected chi connectivity index (χ3v) is 9.33. The van der Waals surface area contributed by atoms with E-state index in [-0.39, 0.29) is 23.4 Å². The molecule has 0 radical (unpaired) electrons. The van der Waals surface area contributed by atoms with Crippen LogP contribution in [0, 0.1) is 0 Å². The molecule has 3 aromatic carbocycles. The van der Waals surface area contributed by atoms with Gasteiger partial charge in [0.15, 0.2) is 0 Å². The van der Waals surface area contributed by atoms with Gasteiger partial charge in [-0.25, -0.2) is 8.42 Å². The number of hydrogen-bond donors (Lipinski definition) is 1. The Labute approximate surface area is 243 Å². The number of hydrogen-bond acceptors (Lipinski definition) is 5. The molecule has 1 fully saturated rings. The average Bonchev–Trinajstić information content (AvgIpc) is 3.51. The second-order valence-corrected chi connectivity index (χ2v) is 12.1. The van der Waals surface area contributed by atoms with Crippen molar-refractivity contribution in [1.82, 2.24) is 10.2 Å². The van der Waals surface area contributed by atoms with Gasteiger partial charge in [0.05, 0.1) is 17.7 Å². The molecule has 8 nitrogen and oxygen atoms in total. The van der Waals surface area contributed by atoms with Crippen molar-refractivity contribution in [2.45, 2.75) is 62.4 Å². The maximum atomic E-state index is 14.1. The predicted octanol–water partition coefficient (Wildman–Crippen LogP) is 4.80. The van der Waals surface area contributed by atoms with Crippen LogP contribution in [0.5, 0.6) is 5.75 Å². The first kappa shape index (κ1) is 30.1. The molecule has 1 aliphatic rings. The molecule has 0 spiro atoms. The molecule has 9 heteroatoms. The number of ether oxygens (including phenoxy) is 1. The summed E-state index contributed by atoms with van der Waals surface area (Å²) in [5, 5.41) is 3.14. The highest BCUT2D eigenvalue weighted by molar-refractivity contribution is 7.92. The molecule has 0 saturated heterocycles. The highest BCUT2D eigenvalue weighted by Gasteiger charge is 2.34. The zero-order valence-electron chi connectivity index (χ0n) is 23.7. The van der Waals surface area contributed by atoms with Crippen LogP contribution in [0.2, 0.25) is 0 Å². The van der Waals surface area contributed by atoms with Crippen molar-refractivity contribution >= 4 is 27.5 Å². The smallest absolute Gasteiger partial charge is 0.264 e. The molecule has 0 aromatic heterocycles. The summed E-state index contributed by atoms with van der Waals surface area (Å²) in [4.78, 5) is 29.2. The Balaban J connectivity index is 1.65. The summed E-state index contributed by atoms with van der Waals surface area (Å²) in [7, 11) is -2.61. The van der Waals surface area contributed by atoms with Gasteiger partial charge < -0.3 is 15.0 Å². The fraction of sp³-hybridized carbons (Fsp3) is 0.375. The Kier molecular flexibility index (Phi) is 10.4. The van der Waals surface area contributed by atoms with Crippen molar-refractivity contribution in [3.05, 3.63) is 90.5 Å². The van der Waals surface area contributed by atoms with Crippen molar-refractivity contribution < 1.29 is 22.7 Å². The molecule has 4 rings (SSSR count). The fourth-order valence-corrected chi connectivity index (χ4v) is 6.68. The van der Waals surface area contributed by atoms with E-state index in [1.165, 1.54) is 19.2 Å². The van der Waals surface area contributed by atoms with Gasteiger partial charge in [0.1, 0.15) is 18.3 Å². The molecule has 3 aromatic rings. The van der Waals surface area contributed by atoms with Crippen LogP contribution in [0.4, 0.5) is 5.69 Å². The minimum absolute atomic E-state index is 0.0387. The third kappa shape index (κ3) is 7.67. The normalized spacial score (nSPS) is 14.3. The van der Waals surface area contributed by atoms with Crippen molar-refractivity contribution in [3.63, 3.8) is 0 Å². The molecule has 218 valence electrons. The largest absolute Gasteiger partial charge is 0.497 e. The first-order valence-corrected chi connectivity index (χ1v) is 15.6. The summed E-state index contributed by atoms with van der Waals surface area (Å²) in [5.41, 5.74) is 1.39. The molecular formula is C32H39N3O5S. The molecule has 1 aliphatic carbocycles. The number of carbonyl (C=O) groups excluding carboxylic acids is 2. The minimum atomic E-state index is -4.12. The predicted molar refractivity (Wildman–Crippen MR) is 160 cm³/mol. The summed E-state index contributed by atoms with van der Waals surface area (Å²) in [5.74, 6) is -0.0992. The van der Waals surface area contributed by atoms with Crippen molar-refractivity contribution in [2.24, 2.45) is 0 Å². The van der Waals surface area contributed by atoms with E-state index in [2.05, 4.69) is 5.32 Å². The van der Waals surface area contributed by atoms with E-state index < -0.39 is 28.5 Å². The van der Waals surface area contributed by atoms with Crippen molar-refractivity contribution in [2.75, 3.05) is 24.5 Å². The van der Waals surface area contributed by atoms with Gasteiger partial charge in [0, 0.05) is 12.6 Å². The van der Waals surface area contributed by atoms with Gasteiger partial charge in [0.2, 0.25) is 11.8 Å². The fourth-order valence-electron chi connectivity index (χ4n) is 5.26. The van der Waals surface area contributed by atoms with E-state index in [0.29, 0.717) is 24.3 Å². The Morgan fingerprint density at radius 2 is 1.54 bits per heavy atom. The Morgan fingerprint density at radius 1 is 0.927 bits per heavy atom. The molecule has 1 atom stereocenters. The topological polar surface area (TPSA) is 96.0 Å². The first-order chi connectivity index (χ1) is 19.8. The van der Waals surface area contributed by atoms with E-state index >= 15 is 0 Å². The van der Waals surface area contributed by atoms with Crippen LogP contribution in [0.15, 0.2) is 89.8 Å². The lowest BCUT2D eigenvalue weighted by molar-refractivity contribution is -0.139. The molecule has 41 heavy (non-hydrogen) atoms. The zero-order chi connectivity index (χ0) is 29.2. The van der Waals surface area contributed by atoms with Crippen LogP contribution in [-0.4, -0.2) is 57.4 Å². The SMILES string of the molecule is CC[C@@H](C(=O)NC1CCCC1)N(CCc1ccccc1)C(=O)CN(c1ccccc1)S(=O)(=O)c1ccc(OC)cc1. The number of carbonyl (C=O) groups is 2. The van der Waals surface area contributed by atoms with Gasteiger partial charge in [-0.1, -0.05) is 68.3 Å². The van der Waals surface area contributed by atoms with Crippen LogP contribution in [0.1, 0.15) is 44.6 Å². The Bertz CT molecular complexity index is 1380. The number of nitrogens with one attached hydrogen (secondary N) is 1. The number of nitrogens with zero attached hydrogens (tertiary/aromatic N) is 2. The minimum Gasteiger partial charge on any atom is -0.497 e. The maximum absolute atomic E-state index is 14.1. The van der Waals surface area contributed by atoms with Crippen LogP contribution in [-0.2, 0) is 26.0 Å². The number of rotatable bonds is 13. The summed E-state index contributed by atoms with van der Waals surface area (Å²) in [6.45, 7) is 1.72. The summed E-state index contributed by atoms with van der Waals surface area (Å²) >= 11 is 0. The van der Waals surface area contributed by atoms with Gasteiger partial charge in [-0.2, -0.15) is 0 Å². The standard InChI is InChI=1S/C32H39N3O5S/c1-3-30(32(37)33-26-14-10-11-15-26)34(23-22-25-12-6-4-7-13-25)31(36)24-35(27-16-8-5-9-17-27)41(38,39)29-20-18-28(40-2)19-21-29/h4-9,12-13,16-21,26,30H,3,10-11,14-15,22-24H2,1-2H3,(H,33,37)/t30-/m0/s1. The van der Waals surface area contributed by atoms with Crippen LogP contribution in [0.3, 0.4) is 0 Å². The number of para-hydroxylation sites is 1. The van der Waals surface area contributed by atoms with Crippen molar-refractivity contribution in [1.29, 1.82) is 0 Å². The summed E-state index contributed by atoms with van der Waals surface area (Å²) in [6.07, 6.45) is 4.97. The molecule has 2 amide bonds. The molecule has 1 N–H and O–H groups in total. The van der Waals surface area contributed by atoms with Gasteiger partial charge in [-0.05, 0) is 67.6 Å². The van der Waals surface area contributed by atoms with Gasteiger partial charge in [-0.15, -0.1) is 0 Å². The number of amides is 2. The molecule has 0 aliphatic heterocycles. The Morgan fingerprint density at radius 3 is 2.12 bits per heavy atom. The van der Waals surface area contributed by atoms with Gasteiger partial charge >= 0.3 is 0 Å². The first-order valence-electron chi connectivity index (χ1n) is 14.2. The number of anilines is 1. The van der Waals surface area contributed by atoms with E-state index in [1.54, 1.807) is 47.4 Å². The lowest BCUT2D eigenvalue weighted by Crippen LogP contribution is -2.54. The highest BCUT2D eigenvalue weighted by Crippen LogP contribution is 2.26. The second kappa shape index (κ2) is 14.2. The maximum Gasteiger partial charge on any atom is 0.264 e. The zero-order valence-corrected chi connectivity index (χ0v) is 24.6. The highest BCUT2D eigenvalue weighted by atomic mass is 32.2. The third-order valence-electron chi connectivity index (χ3n) is 7.54. The lowest BCUT2D eigenvalue weighted by atomic mass is 10.1. The molecule has 0 unspecified atom stereocenters. The van der Waals surface area contributed by atoms with E-state index in [0.717, 1.165) is 35.6 Å². The molecule has 1 saturated carbocycles. The van der Waals surface area contributed by atoms with E-state index in [1.807, 2.05) is 37.3 Å². The number of benzene rings is 3. The second-order valence-electron chi connectivity index (χ2n) is 10.3. The lowest BCUT2D eigenvalue weighted by Gasteiger charge is -2.33. The summed E-state index contributed by atoms with van der Waals surface area (Å²) in [6, 6.07) is 23.8. The van der Waals surface area contributed by atoms with Crippen LogP contribution in [0.25, 0.3) is 0 Å². The molecule has 0 bridgehead atoms. The Hall–Kier alpha value is -3.85. The van der Waals surface area contributed by atoms with Gasteiger partial charge in [-0.3, -0.25) is 13.9 Å².